The Labute approximate surface area is 125 Å². The highest BCUT2D eigenvalue weighted by Gasteiger charge is 2.12. The molecular formula is C15H23ClN2O2. The molecule has 0 heterocycles. The van der Waals surface area contributed by atoms with E-state index in [0.29, 0.717) is 0 Å². The Morgan fingerprint density at radius 1 is 1.15 bits per heavy atom. The molecule has 4 nitrogen and oxygen atoms in total. The van der Waals surface area contributed by atoms with Gasteiger partial charge in [-0.2, -0.15) is 0 Å². The van der Waals surface area contributed by atoms with Gasteiger partial charge in [0.2, 0.25) is 0 Å². The van der Waals surface area contributed by atoms with Crippen LogP contribution in [0.4, 0.5) is 11.4 Å². The van der Waals surface area contributed by atoms with E-state index in [2.05, 4.69) is 12.2 Å². The van der Waals surface area contributed by atoms with E-state index in [1.165, 1.54) is 44.6 Å². The number of nitro benzene ring substituents is 1. The summed E-state index contributed by atoms with van der Waals surface area (Å²) in [5.74, 6) is 0. The third kappa shape index (κ3) is 6.24. The van der Waals surface area contributed by atoms with Crippen LogP contribution in [0.25, 0.3) is 0 Å². The highest BCUT2D eigenvalue weighted by Crippen LogP contribution is 2.27. The van der Waals surface area contributed by atoms with Crippen molar-refractivity contribution in [3.8, 4) is 0 Å². The first-order chi connectivity index (χ1) is 9.65. The number of benzene rings is 1. The van der Waals surface area contributed by atoms with Crippen LogP contribution < -0.4 is 5.32 Å². The molecule has 0 saturated carbocycles. The number of unbranched alkanes of at least 4 members (excludes halogenated alkanes) is 6. The molecule has 0 aliphatic carbocycles. The van der Waals surface area contributed by atoms with Crippen molar-refractivity contribution in [3.05, 3.63) is 33.3 Å². The highest BCUT2D eigenvalue weighted by atomic mass is 35.5. The number of hydrogen-bond donors (Lipinski definition) is 1. The van der Waals surface area contributed by atoms with E-state index in [9.17, 15) is 10.1 Å². The second-order valence-electron chi connectivity index (χ2n) is 4.97. The van der Waals surface area contributed by atoms with E-state index in [1.54, 1.807) is 12.1 Å². The Hall–Kier alpha value is -1.29. The van der Waals surface area contributed by atoms with Crippen LogP contribution >= 0.6 is 11.6 Å². The van der Waals surface area contributed by atoms with Crippen LogP contribution in [0.2, 0.25) is 5.02 Å². The van der Waals surface area contributed by atoms with Gasteiger partial charge in [-0.15, -0.1) is 0 Å². The van der Waals surface area contributed by atoms with Gasteiger partial charge in [-0.3, -0.25) is 10.1 Å². The fourth-order valence-corrected chi connectivity index (χ4v) is 2.26. The fraction of sp³-hybridized carbons (Fsp3) is 0.600. The molecular weight excluding hydrogens is 276 g/mol. The summed E-state index contributed by atoms with van der Waals surface area (Å²) < 4.78 is 0. The quantitative estimate of drug-likeness (QED) is 0.357. The van der Waals surface area contributed by atoms with Crippen LogP contribution in [0.5, 0.6) is 0 Å². The first kappa shape index (κ1) is 16.8. The van der Waals surface area contributed by atoms with Crippen molar-refractivity contribution in [2.75, 3.05) is 11.9 Å². The van der Waals surface area contributed by atoms with Crippen molar-refractivity contribution in [3.63, 3.8) is 0 Å². The molecule has 1 aromatic rings. The average Bonchev–Trinajstić information content (AvgIpc) is 2.43. The zero-order valence-corrected chi connectivity index (χ0v) is 12.8. The maximum atomic E-state index is 10.8. The van der Waals surface area contributed by atoms with Gasteiger partial charge in [0.15, 0.2) is 0 Å². The molecule has 0 aliphatic rings. The van der Waals surface area contributed by atoms with Crippen molar-refractivity contribution in [2.24, 2.45) is 0 Å². The van der Waals surface area contributed by atoms with Gasteiger partial charge in [0.05, 0.1) is 4.92 Å². The maximum Gasteiger partial charge on any atom is 0.289 e. The van der Waals surface area contributed by atoms with Crippen molar-refractivity contribution >= 4 is 23.0 Å². The molecule has 0 atom stereocenters. The predicted molar refractivity (Wildman–Crippen MR) is 84.6 cm³/mol. The van der Waals surface area contributed by atoms with E-state index in [0.717, 1.165) is 18.7 Å². The summed E-state index contributed by atoms with van der Waals surface area (Å²) in [5.41, 5.74) is 0.711. The lowest BCUT2D eigenvalue weighted by Crippen LogP contribution is -2.02. The Bertz CT molecular complexity index is 424. The summed E-state index contributed by atoms with van der Waals surface area (Å²) in [6.45, 7) is 3.06. The summed E-state index contributed by atoms with van der Waals surface area (Å²) >= 11 is 5.77. The average molecular weight is 299 g/mol. The summed E-state index contributed by atoms with van der Waals surface area (Å²) in [6.07, 6.45) is 8.79. The Morgan fingerprint density at radius 3 is 2.45 bits per heavy atom. The Kier molecular flexibility index (Phi) is 8.04. The second-order valence-corrected chi connectivity index (χ2v) is 5.38. The SMILES string of the molecule is CCCCCCCCCNc1ccc(Cl)c([N+](=O)[O-])c1. The van der Waals surface area contributed by atoms with Crippen molar-refractivity contribution in [1.29, 1.82) is 0 Å². The van der Waals surface area contributed by atoms with Gasteiger partial charge >= 0.3 is 0 Å². The van der Waals surface area contributed by atoms with Gasteiger partial charge in [-0.25, -0.2) is 0 Å². The molecule has 0 spiro atoms. The molecule has 0 radical (unpaired) electrons. The minimum absolute atomic E-state index is 0.0452. The molecule has 0 aromatic heterocycles. The topological polar surface area (TPSA) is 55.2 Å². The number of rotatable bonds is 10. The van der Waals surface area contributed by atoms with Gasteiger partial charge in [0.25, 0.3) is 5.69 Å². The van der Waals surface area contributed by atoms with Crippen LogP contribution in [0, 0.1) is 10.1 Å². The number of halogens is 1. The molecule has 1 N–H and O–H groups in total. The Morgan fingerprint density at radius 2 is 1.80 bits per heavy atom. The fourth-order valence-electron chi connectivity index (χ4n) is 2.08. The second kappa shape index (κ2) is 9.59. The molecule has 5 heteroatoms. The van der Waals surface area contributed by atoms with Gasteiger partial charge in [-0.05, 0) is 18.6 Å². The van der Waals surface area contributed by atoms with Crippen LogP contribution in [-0.2, 0) is 0 Å². The van der Waals surface area contributed by atoms with Crippen LogP contribution in [0.1, 0.15) is 51.9 Å². The number of anilines is 1. The molecule has 1 rings (SSSR count). The Balaban J connectivity index is 2.22. The molecule has 0 bridgehead atoms. The van der Waals surface area contributed by atoms with Crippen LogP contribution in [0.15, 0.2) is 18.2 Å². The lowest BCUT2D eigenvalue weighted by Gasteiger charge is -2.06. The van der Waals surface area contributed by atoms with E-state index in [-0.39, 0.29) is 10.7 Å². The predicted octanol–water partition coefficient (Wildman–Crippen LogP) is 5.41. The first-order valence-electron chi connectivity index (χ1n) is 7.33. The number of nitrogens with zero attached hydrogens (tertiary/aromatic N) is 1. The van der Waals surface area contributed by atoms with Crippen LogP contribution in [0.3, 0.4) is 0 Å². The third-order valence-electron chi connectivity index (χ3n) is 3.25. The lowest BCUT2D eigenvalue weighted by atomic mass is 10.1. The molecule has 0 unspecified atom stereocenters. The van der Waals surface area contributed by atoms with E-state index >= 15 is 0 Å². The molecule has 0 amide bonds. The number of nitro groups is 1. The lowest BCUT2D eigenvalue weighted by molar-refractivity contribution is -0.384. The molecule has 0 fully saturated rings. The maximum absolute atomic E-state index is 10.8. The standard InChI is InChI=1S/C15H23ClN2O2/c1-2-3-4-5-6-7-8-11-17-13-9-10-14(16)15(12-13)18(19)20/h9-10,12,17H,2-8,11H2,1H3. The van der Waals surface area contributed by atoms with Crippen molar-refractivity contribution < 1.29 is 4.92 Å². The minimum Gasteiger partial charge on any atom is -0.385 e. The number of nitrogens with one attached hydrogen (secondary N) is 1. The minimum atomic E-state index is -0.457. The zero-order valence-electron chi connectivity index (χ0n) is 12.0. The van der Waals surface area contributed by atoms with Crippen molar-refractivity contribution in [2.45, 2.75) is 51.9 Å². The normalized spacial score (nSPS) is 10.5. The van der Waals surface area contributed by atoms with E-state index in [4.69, 9.17) is 11.6 Å². The molecule has 0 aliphatic heterocycles. The van der Waals surface area contributed by atoms with Gasteiger partial charge < -0.3 is 5.32 Å². The smallest absolute Gasteiger partial charge is 0.289 e. The van der Waals surface area contributed by atoms with E-state index in [1.807, 2.05) is 0 Å². The number of hydrogen-bond acceptors (Lipinski definition) is 3. The molecule has 0 saturated heterocycles. The molecule has 20 heavy (non-hydrogen) atoms. The molecule has 112 valence electrons. The first-order valence-corrected chi connectivity index (χ1v) is 7.70. The van der Waals surface area contributed by atoms with Gasteiger partial charge in [0.1, 0.15) is 5.02 Å². The zero-order chi connectivity index (χ0) is 14.8. The van der Waals surface area contributed by atoms with Gasteiger partial charge in [0, 0.05) is 18.3 Å². The summed E-state index contributed by atoms with van der Waals surface area (Å²) in [6, 6.07) is 4.83. The molecule has 1 aromatic carbocycles. The highest BCUT2D eigenvalue weighted by molar-refractivity contribution is 6.32. The van der Waals surface area contributed by atoms with Gasteiger partial charge in [-0.1, -0.05) is 57.0 Å². The van der Waals surface area contributed by atoms with Crippen LogP contribution in [-0.4, -0.2) is 11.5 Å². The summed E-state index contributed by atoms with van der Waals surface area (Å²) in [4.78, 5) is 10.3. The monoisotopic (exact) mass is 298 g/mol. The van der Waals surface area contributed by atoms with Crippen molar-refractivity contribution in [1.82, 2.24) is 0 Å². The summed E-state index contributed by atoms with van der Waals surface area (Å²) in [7, 11) is 0. The van der Waals surface area contributed by atoms with E-state index < -0.39 is 4.92 Å². The largest absolute Gasteiger partial charge is 0.385 e. The summed E-state index contributed by atoms with van der Waals surface area (Å²) in [5, 5.41) is 14.2. The third-order valence-corrected chi connectivity index (χ3v) is 3.57.